The third kappa shape index (κ3) is 3.09. The first kappa shape index (κ1) is 10.6. The molecule has 0 saturated heterocycles. The van der Waals surface area contributed by atoms with Gasteiger partial charge in [0, 0.05) is 6.08 Å². The molecule has 7 heteroatoms. The smallest absolute Gasteiger partial charge is 0.348 e. The third-order valence-corrected chi connectivity index (χ3v) is 2.38. The van der Waals surface area contributed by atoms with Gasteiger partial charge in [-0.1, -0.05) is 4.57 Å². The molecule has 0 amide bonds. The molecule has 1 aliphatic rings. The van der Waals surface area contributed by atoms with E-state index in [0.717, 1.165) is 6.08 Å². The van der Waals surface area contributed by atoms with Crippen LogP contribution in [0.3, 0.4) is 0 Å². The van der Waals surface area contributed by atoms with Crippen molar-refractivity contribution in [2.75, 3.05) is 6.35 Å². The highest BCUT2D eigenvalue weighted by Crippen LogP contribution is 2.32. The van der Waals surface area contributed by atoms with Crippen LogP contribution in [-0.4, -0.2) is 26.5 Å². The maximum Gasteiger partial charge on any atom is 0.433 e. The fourth-order valence-electron chi connectivity index (χ4n) is 0.693. The molecule has 2 radical (unpaired) electrons. The quantitative estimate of drug-likeness (QED) is 0.453. The minimum Gasteiger partial charge on any atom is -0.348 e. The van der Waals surface area contributed by atoms with Crippen LogP contribution < -0.4 is 0 Å². The predicted octanol–water partition coefficient (Wildman–Crippen LogP) is 1.84. The minimum absolute atomic E-state index is 0.0387. The molecule has 3 atom stereocenters. The Balaban J connectivity index is 2.33. The van der Waals surface area contributed by atoms with Gasteiger partial charge in [-0.25, -0.2) is 4.39 Å². The Morgan fingerprint density at radius 2 is 2.58 bits per heavy atom. The van der Waals surface area contributed by atoms with Crippen molar-refractivity contribution < 1.29 is 18.4 Å². The standard InChI is InChI=1S/C5H5BFIO3P/c6-5-3(7)1-4(11-5)10-2-12(8)9/h1,4-5H,2H2/q+1/t4-,5+/m0/s1. The van der Waals surface area contributed by atoms with Gasteiger partial charge < -0.3 is 9.47 Å². The Bertz CT molecular complexity index is 225. The van der Waals surface area contributed by atoms with Crippen molar-refractivity contribution in [2.24, 2.45) is 0 Å². The highest BCUT2D eigenvalue weighted by Gasteiger charge is 2.25. The summed E-state index contributed by atoms with van der Waals surface area (Å²) in [6, 6.07) is -1.04. The number of hydrogen-bond acceptors (Lipinski definition) is 3. The van der Waals surface area contributed by atoms with Crippen molar-refractivity contribution in [3.63, 3.8) is 0 Å². The van der Waals surface area contributed by atoms with E-state index in [1.165, 1.54) is 0 Å². The van der Waals surface area contributed by atoms with E-state index in [2.05, 4.69) is 0 Å². The SMILES string of the molecule is [B][C@@H]1O[C@H](OC[P+](=O)I)C=C1F. The largest absolute Gasteiger partial charge is 0.433 e. The summed E-state index contributed by atoms with van der Waals surface area (Å²) in [5.74, 6) is -0.552. The number of hydrogen-bond donors (Lipinski definition) is 0. The van der Waals surface area contributed by atoms with Gasteiger partial charge in [0.25, 0.3) is 28.4 Å². The van der Waals surface area contributed by atoms with Gasteiger partial charge in [-0.3, -0.25) is 0 Å². The summed E-state index contributed by atoms with van der Waals surface area (Å²) >= 11 is 1.72. The molecule has 0 aromatic rings. The maximum absolute atomic E-state index is 12.5. The van der Waals surface area contributed by atoms with Crippen molar-refractivity contribution in [3.8, 4) is 0 Å². The number of ether oxygens (including phenoxy) is 2. The molecular weight excluding hydrogens is 296 g/mol. The molecule has 1 unspecified atom stereocenters. The van der Waals surface area contributed by atoms with Crippen LogP contribution in [0.2, 0.25) is 0 Å². The van der Waals surface area contributed by atoms with Crippen LogP contribution in [0.4, 0.5) is 4.39 Å². The molecule has 1 aliphatic heterocycles. The Labute approximate surface area is 84.4 Å². The van der Waals surface area contributed by atoms with Gasteiger partial charge in [-0.15, -0.1) is 0 Å². The lowest BCUT2D eigenvalue weighted by Crippen LogP contribution is -2.15. The summed E-state index contributed by atoms with van der Waals surface area (Å²) in [5, 5.41) is 0. The van der Waals surface area contributed by atoms with Crippen molar-refractivity contribution in [1.29, 1.82) is 0 Å². The molecule has 0 aromatic heterocycles. The van der Waals surface area contributed by atoms with Crippen LogP contribution in [0.1, 0.15) is 0 Å². The lowest BCUT2D eigenvalue weighted by atomic mass is 10.0. The molecule has 0 saturated carbocycles. The average molecular weight is 301 g/mol. The molecule has 0 aliphatic carbocycles. The molecule has 0 spiro atoms. The van der Waals surface area contributed by atoms with E-state index in [1.807, 2.05) is 0 Å². The zero-order valence-corrected chi connectivity index (χ0v) is 9.00. The highest BCUT2D eigenvalue weighted by atomic mass is 127. The van der Waals surface area contributed by atoms with Gasteiger partial charge in [-0.2, -0.15) is 0 Å². The van der Waals surface area contributed by atoms with Gasteiger partial charge in [0.2, 0.25) is 0 Å². The fraction of sp³-hybridized carbons (Fsp3) is 0.600. The summed E-state index contributed by atoms with van der Waals surface area (Å²) in [6.45, 7) is 0. The van der Waals surface area contributed by atoms with Crippen molar-refractivity contribution >= 4 is 35.3 Å². The first-order valence-electron chi connectivity index (χ1n) is 3.10. The zero-order chi connectivity index (χ0) is 9.14. The minimum atomic E-state index is -1.42. The lowest BCUT2D eigenvalue weighted by Gasteiger charge is -2.07. The first-order valence-corrected chi connectivity index (χ1v) is 7.33. The van der Waals surface area contributed by atoms with Gasteiger partial charge in [0.1, 0.15) is 13.7 Å². The molecule has 1 heterocycles. The topological polar surface area (TPSA) is 35.5 Å². The molecule has 0 bridgehead atoms. The van der Waals surface area contributed by atoms with E-state index in [1.54, 1.807) is 22.0 Å². The van der Waals surface area contributed by atoms with E-state index in [9.17, 15) is 8.96 Å². The van der Waals surface area contributed by atoms with E-state index >= 15 is 0 Å². The summed E-state index contributed by atoms with van der Waals surface area (Å²) in [4.78, 5) is 0. The second-order valence-corrected chi connectivity index (χ2v) is 6.21. The molecule has 3 nitrogen and oxygen atoms in total. The van der Waals surface area contributed by atoms with Gasteiger partial charge in [-0.05, 0) is 0 Å². The highest BCUT2D eigenvalue weighted by molar-refractivity contribution is 14.2. The summed E-state index contributed by atoms with van der Waals surface area (Å²) in [7, 11) is 5.15. The van der Waals surface area contributed by atoms with E-state index in [-0.39, 0.29) is 6.35 Å². The average Bonchev–Trinajstić information content (AvgIpc) is 2.28. The Morgan fingerprint density at radius 1 is 1.92 bits per heavy atom. The maximum atomic E-state index is 12.5. The van der Waals surface area contributed by atoms with Gasteiger partial charge in [0.05, 0.1) is 6.00 Å². The Morgan fingerprint density at radius 3 is 3.00 bits per heavy atom. The first-order chi connectivity index (χ1) is 5.59. The summed E-state index contributed by atoms with van der Waals surface area (Å²) in [6.07, 6.45) is 0.366. The third-order valence-electron chi connectivity index (χ3n) is 1.19. The number of rotatable bonds is 3. The molecule has 64 valence electrons. The molecule has 0 aromatic carbocycles. The molecular formula is C5H5BFIO3P+. The van der Waals surface area contributed by atoms with E-state index in [0.29, 0.717) is 0 Å². The second kappa shape index (κ2) is 4.65. The van der Waals surface area contributed by atoms with Crippen molar-refractivity contribution in [1.82, 2.24) is 0 Å². The van der Waals surface area contributed by atoms with Crippen LogP contribution in [0.5, 0.6) is 0 Å². The molecule has 0 N–H and O–H groups in total. The van der Waals surface area contributed by atoms with Crippen LogP contribution in [0.15, 0.2) is 11.9 Å². The van der Waals surface area contributed by atoms with Crippen molar-refractivity contribution in [2.45, 2.75) is 12.3 Å². The Hall–Kier alpha value is 0.485. The van der Waals surface area contributed by atoms with E-state index in [4.69, 9.17) is 17.3 Å². The summed E-state index contributed by atoms with van der Waals surface area (Å²) in [5.41, 5.74) is -1.42. The van der Waals surface area contributed by atoms with Crippen LogP contribution in [-0.2, 0) is 14.0 Å². The van der Waals surface area contributed by atoms with Gasteiger partial charge >= 0.3 is 5.44 Å². The lowest BCUT2D eigenvalue weighted by molar-refractivity contribution is -0.0878. The van der Waals surface area contributed by atoms with Crippen LogP contribution >= 0.6 is 27.5 Å². The zero-order valence-electron chi connectivity index (χ0n) is 5.94. The second-order valence-electron chi connectivity index (χ2n) is 2.09. The van der Waals surface area contributed by atoms with Gasteiger partial charge in [0.15, 0.2) is 6.29 Å². The van der Waals surface area contributed by atoms with Crippen LogP contribution in [0.25, 0.3) is 0 Å². The molecule has 0 fully saturated rings. The van der Waals surface area contributed by atoms with Crippen molar-refractivity contribution in [3.05, 3.63) is 11.9 Å². The van der Waals surface area contributed by atoms with E-state index < -0.39 is 23.6 Å². The number of halogens is 2. The summed E-state index contributed by atoms with van der Waals surface area (Å²) < 4.78 is 32.8. The Kier molecular flexibility index (Phi) is 4.09. The fourth-order valence-corrected chi connectivity index (χ4v) is 1.44. The molecule has 12 heavy (non-hydrogen) atoms. The normalized spacial score (nSPS) is 30.2. The predicted molar refractivity (Wildman–Crippen MR) is 51.2 cm³/mol. The monoisotopic (exact) mass is 301 g/mol. The van der Waals surface area contributed by atoms with Crippen LogP contribution in [0, 0.1) is 0 Å². The molecule has 1 rings (SSSR count).